The van der Waals surface area contributed by atoms with Crippen LogP contribution in [0.1, 0.15) is 4.88 Å². The van der Waals surface area contributed by atoms with E-state index in [2.05, 4.69) is 47.4 Å². The summed E-state index contributed by atoms with van der Waals surface area (Å²) < 4.78 is 2.41. The SMILES string of the molecule is N#CCc1cc2c(I)cc(S)cc2s1. The molecule has 0 N–H and O–H groups in total. The summed E-state index contributed by atoms with van der Waals surface area (Å²) in [6.07, 6.45) is 0.497. The van der Waals surface area contributed by atoms with Gasteiger partial charge < -0.3 is 0 Å². The topological polar surface area (TPSA) is 23.8 Å². The van der Waals surface area contributed by atoms with Crippen LogP contribution in [0.5, 0.6) is 0 Å². The van der Waals surface area contributed by atoms with Crippen LogP contribution in [-0.4, -0.2) is 0 Å². The molecule has 0 spiro atoms. The van der Waals surface area contributed by atoms with Crippen LogP contribution in [0.2, 0.25) is 0 Å². The number of hydrogen-bond donors (Lipinski definition) is 1. The number of hydrogen-bond acceptors (Lipinski definition) is 3. The Balaban J connectivity index is 2.66. The van der Waals surface area contributed by atoms with Crippen LogP contribution in [-0.2, 0) is 6.42 Å². The number of nitriles is 1. The van der Waals surface area contributed by atoms with Gasteiger partial charge >= 0.3 is 0 Å². The lowest BCUT2D eigenvalue weighted by molar-refractivity contribution is 1.32. The molecular formula is C10H6INS2. The fraction of sp³-hybridized carbons (Fsp3) is 0.100. The molecule has 0 fully saturated rings. The van der Waals surface area contributed by atoms with E-state index in [0.29, 0.717) is 6.42 Å². The summed E-state index contributed by atoms with van der Waals surface area (Å²) in [6, 6.07) is 8.35. The molecule has 0 radical (unpaired) electrons. The molecule has 1 aromatic heterocycles. The average molecular weight is 331 g/mol. The molecule has 0 saturated heterocycles. The van der Waals surface area contributed by atoms with Gasteiger partial charge in [0, 0.05) is 23.4 Å². The van der Waals surface area contributed by atoms with Crippen molar-refractivity contribution >= 4 is 56.6 Å². The Morgan fingerprint density at radius 1 is 1.43 bits per heavy atom. The molecule has 0 bridgehead atoms. The predicted octanol–water partition coefficient (Wildman–Crippen LogP) is 3.86. The van der Waals surface area contributed by atoms with E-state index in [-0.39, 0.29) is 0 Å². The fourth-order valence-electron chi connectivity index (χ4n) is 1.30. The van der Waals surface area contributed by atoms with Gasteiger partial charge in [0.1, 0.15) is 0 Å². The molecule has 0 aliphatic carbocycles. The van der Waals surface area contributed by atoms with Gasteiger partial charge in [-0.1, -0.05) is 0 Å². The highest BCUT2D eigenvalue weighted by molar-refractivity contribution is 14.1. The normalized spacial score (nSPS) is 10.4. The first-order valence-electron chi connectivity index (χ1n) is 3.98. The van der Waals surface area contributed by atoms with E-state index in [0.717, 1.165) is 9.77 Å². The summed E-state index contributed by atoms with van der Waals surface area (Å²) >= 11 is 8.30. The van der Waals surface area contributed by atoms with E-state index in [4.69, 9.17) is 5.26 Å². The molecule has 4 heteroatoms. The van der Waals surface area contributed by atoms with E-state index in [1.54, 1.807) is 11.3 Å². The number of rotatable bonds is 1. The Labute approximate surface area is 105 Å². The molecule has 14 heavy (non-hydrogen) atoms. The van der Waals surface area contributed by atoms with Crippen LogP contribution >= 0.6 is 46.6 Å². The average Bonchev–Trinajstić information content (AvgIpc) is 2.48. The Kier molecular flexibility index (Phi) is 3.00. The third-order valence-electron chi connectivity index (χ3n) is 1.88. The second-order valence-corrected chi connectivity index (χ2v) is 5.73. The van der Waals surface area contributed by atoms with Crippen molar-refractivity contribution in [1.29, 1.82) is 5.26 Å². The van der Waals surface area contributed by atoms with Crippen molar-refractivity contribution in [1.82, 2.24) is 0 Å². The lowest BCUT2D eigenvalue weighted by Gasteiger charge is -1.95. The molecule has 0 aliphatic rings. The third-order valence-corrected chi connectivity index (χ3v) is 4.11. The van der Waals surface area contributed by atoms with Gasteiger partial charge in [-0.15, -0.1) is 24.0 Å². The summed E-state index contributed by atoms with van der Waals surface area (Å²) in [7, 11) is 0. The highest BCUT2D eigenvalue weighted by Gasteiger charge is 2.05. The van der Waals surface area contributed by atoms with Crippen LogP contribution in [0.15, 0.2) is 23.1 Å². The zero-order chi connectivity index (χ0) is 10.1. The smallest absolute Gasteiger partial charge is 0.0696 e. The Morgan fingerprint density at radius 3 is 2.93 bits per heavy atom. The van der Waals surface area contributed by atoms with Crippen LogP contribution in [0.25, 0.3) is 10.1 Å². The van der Waals surface area contributed by atoms with E-state index in [9.17, 15) is 0 Å². The van der Waals surface area contributed by atoms with Gasteiger partial charge in [-0.3, -0.25) is 0 Å². The van der Waals surface area contributed by atoms with Gasteiger partial charge in [-0.25, -0.2) is 0 Å². The number of nitrogens with zero attached hydrogens (tertiary/aromatic N) is 1. The summed E-state index contributed by atoms with van der Waals surface area (Å²) in [5.41, 5.74) is 0. The molecule has 2 rings (SSSR count). The van der Waals surface area contributed by atoms with Gasteiger partial charge in [0.05, 0.1) is 12.5 Å². The monoisotopic (exact) mass is 331 g/mol. The van der Waals surface area contributed by atoms with E-state index >= 15 is 0 Å². The third kappa shape index (κ3) is 1.90. The van der Waals surface area contributed by atoms with Crippen molar-refractivity contribution < 1.29 is 0 Å². The van der Waals surface area contributed by atoms with Crippen molar-refractivity contribution in [3.63, 3.8) is 0 Å². The molecular weight excluding hydrogens is 325 g/mol. The summed E-state index contributed by atoms with van der Waals surface area (Å²) in [6.45, 7) is 0. The van der Waals surface area contributed by atoms with Gasteiger partial charge in [0.25, 0.3) is 0 Å². The Bertz CT molecular complexity index is 525. The van der Waals surface area contributed by atoms with Gasteiger partial charge in [-0.2, -0.15) is 5.26 Å². The summed E-state index contributed by atoms with van der Waals surface area (Å²) in [5.74, 6) is 0. The highest BCUT2D eigenvalue weighted by Crippen LogP contribution is 2.31. The molecule has 0 atom stereocenters. The highest BCUT2D eigenvalue weighted by atomic mass is 127. The number of fused-ring (bicyclic) bond motifs is 1. The minimum atomic E-state index is 0.497. The van der Waals surface area contributed by atoms with Crippen LogP contribution in [0, 0.1) is 14.9 Å². The number of thiol groups is 1. The first kappa shape index (κ1) is 10.3. The minimum Gasteiger partial charge on any atom is -0.198 e. The van der Waals surface area contributed by atoms with Gasteiger partial charge in [-0.05, 0) is 40.8 Å². The van der Waals surface area contributed by atoms with E-state index in [1.807, 2.05) is 12.1 Å². The molecule has 0 aliphatic heterocycles. The lowest BCUT2D eigenvalue weighted by atomic mass is 10.2. The maximum absolute atomic E-state index is 8.61. The second kappa shape index (κ2) is 4.09. The summed E-state index contributed by atoms with van der Waals surface area (Å²) in [4.78, 5) is 2.10. The quantitative estimate of drug-likeness (QED) is 0.623. The van der Waals surface area contributed by atoms with Crippen LogP contribution in [0.4, 0.5) is 0 Å². The number of benzene rings is 1. The molecule has 0 amide bonds. The fourth-order valence-corrected chi connectivity index (χ4v) is 3.92. The minimum absolute atomic E-state index is 0.497. The Morgan fingerprint density at radius 2 is 2.21 bits per heavy atom. The Hall–Kier alpha value is -0.250. The summed E-state index contributed by atoms with van der Waals surface area (Å²) in [5, 5.41) is 9.84. The zero-order valence-electron chi connectivity index (χ0n) is 7.12. The lowest BCUT2D eigenvalue weighted by Crippen LogP contribution is -1.73. The van der Waals surface area contributed by atoms with Crippen LogP contribution < -0.4 is 0 Å². The van der Waals surface area contributed by atoms with Crippen molar-refractivity contribution in [2.75, 3.05) is 0 Å². The van der Waals surface area contributed by atoms with E-state index in [1.165, 1.54) is 13.7 Å². The zero-order valence-corrected chi connectivity index (χ0v) is 11.0. The van der Waals surface area contributed by atoms with Gasteiger partial charge in [0.15, 0.2) is 0 Å². The van der Waals surface area contributed by atoms with Crippen molar-refractivity contribution in [3.05, 3.63) is 26.6 Å². The van der Waals surface area contributed by atoms with Crippen molar-refractivity contribution in [3.8, 4) is 6.07 Å². The van der Waals surface area contributed by atoms with E-state index < -0.39 is 0 Å². The van der Waals surface area contributed by atoms with Gasteiger partial charge in [0.2, 0.25) is 0 Å². The maximum Gasteiger partial charge on any atom is 0.0696 e. The molecule has 0 saturated carbocycles. The molecule has 2 aromatic rings. The first-order chi connectivity index (χ1) is 6.70. The standard InChI is InChI=1S/C10H6INS2/c11-9-3-6(13)4-10-8(9)5-7(14-10)1-2-12/h3-5,13H,1H2. The first-order valence-corrected chi connectivity index (χ1v) is 6.33. The predicted molar refractivity (Wildman–Crippen MR) is 71.1 cm³/mol. The maximum atomic E-state index is 8.61. The second-order valence-electron chi connectivity index (χ2n) is 2.89. The molecule has 70 valence electrons. The van der Waals surface area contributed by atoms with Crippen molar-refractivity contribution in [2.24, 2.45) is 0 Å². The molecule has 1 heterocycles. The molecule has 1 aromatic carbocycles. The van der Waals surface area contributed by atoms with Crippen molar-refractivity contribution in [2.45, 2.75) is 11.3 Å². The largest absolute Gasteiger partial charge is 0.198 e. The number of thiophene rings is 1. The molecule has 1 nitrogen and oxygen atoms in total. The van der Waals surface area contributed by atoms with Crippen LogP contribution in [0.3, 0.4) is 0 Å². The number of halogens is 1. The molecule has 0 unspecified atom stereocenters.